The maximum atomic E-state index is 8.75. The van der Waals surface area contributed by atoms with Crippen LogP contribution in [0.3, 0.4) is 0 Å². The van der Waals surface area contributed by atoms with Crippen molar-refractivity contribution in [3.05, 3.63) is 0 Å². The third kappa shape index (κ3) is 1.34. The summed E-state index contributed by atoms with van der Waals surface area (Å²) in [5.74, 6) is 0.497. The highest BCUT2D eigenvalue weighted by Crippen LogP contribution is 2.17. The fourth-order valence-corrected chi connectivity index (χ4v) is 1.03. The van der Waals surface area contributed by atoms with Crippen molar-refractivity contribution in [1.82, 2.24) is 0 Å². The predicted octanol–water partition coefficient (Wildman–Crippen LogP) is 0.723. The molecule has 0 radical (unpaired) electrons. The molecule has 0 amide bonds. The molecular weight excluding hydrogens is 128 g/mol. The second-order valence-corrected chi connectivity index (χ2v) is 2.25. The maximum Gasteiger partial charge on any atom is 0.155 e. The highest BCUT2D eigenvalue weighted by atomic mass is 35.5. The monoisotopic (exact) mass is 136 g/mol. The topological polar surface area (TPSA) is 29.5 Å². The molecule has 1 N–H and O–H groups in total. The van der Waals surface area contributed by atoms with Crippen molar-refractivity contribution in [1.29, 1.82) is 0 Å². The van der Waals surface area contributed by atoms with Crippen LogP contribution in [0.4, 0.5) is 0 Å². The summed E-state index contributed by atoms with van der Waals surface area (Å²) in [6, 6.07) is 0. The van der Waals surface area contributed by atoms with Crippen LogP contribution in [0.15, 0.2) is 0 Å². The smallest absolute Gasteiger partial charge is 0.155 e. The Morgan fingerprint density at radius 3 is 2.62 bits per heavy atom. The second-order valence-electron chi connectivity index (χ2n) is 1.94. The van der Waals surface area contributed by atoms with E-state index in [9.17, 15) is 0 Å². The van der Waals surface area contributed by atoms with Crippen molar-refractivity contribution in [3.8, 4) is 0 Å². The predicted molar refractivity (Wildman–Crippen MR) is 30.8 cm³/mol. The molecule has 0 saturated carbocycles. The van der Waals surface area contributed by atoms with Gasteiger partial charge in [0.15, 0.2) is 6.29 Å². The van der Waals surface area contributed by atoms with Gasteiger partial charge in [-0.15, -0.1) is 11.6 Å². The van der Waals surface area contributed by atoms with Crippen LogP contribution in [-0.4, -0.2) is 23.4 Å². The summed E-state index contributed by atoms with van der Waals surface area (Å²) >= 11 is 5.44. The Labute approximate surface area is 53.4 Å². The van der Waals surface area contributed by atoms with Crippen molar-refractivity contribution in [2.24, 2.45) is 0 Å². The number of ether oxygens (including phenoxy) is 1. The molecule has 1 fully saturated rings. The summed E-state index contributed by atoms with van der Waals surface area (Å²) in [7, 11) is 0. The maximum absolute atomic E-state index is 8.75. The highest BCUT2D eigenvalue weighted by Gasteiger charge is 2.21. The van der Waals surface area contributed by atoms with Crippen LogP contribution in [0.5, 0.6) is 0 Å². The number of aliphatic hydroxyl groups is 1. The summed E-state index contributed by atoms with van der Waals surface area (Å²) in [5.41, 5.74) is 0. The third-order valence-electron chi connectivity index (χ3n) is 1.26. The molecule has 1 rings (SSSR count). The number of alkyl halides is 1. The van der Waals surface area contributed by atoms with Crippen molar-refractivity contribution in [3.63, 3.8) is 0 Å². The molecule has 2 atom stereocenters. The van der Waals surface area contributed by atoms with Crippen molar-refractivity contribution < 1.29 is 9.84 Å². The number of halogens is 1. The van der Waals surface area contributed by atoms with E-state index in [-0.39, 0.29) is 6.10 Å². The molecular formula is C5H9ClO2. The average molecular weight is 137 g/mol. The van der Waals surface area contributed by atoms with Crippen molar-refractivity contribution >= 4 is 11.6 Å². The summed E-state index contributed by atoms with van der Waals surface area (Å²) in [6.45, 7) is 0. The highest BCUT2D eigenvalue weighted by molar-refractivity contribution is 6.18. The van der Waals surface area contributed by atoms with E-state index in [1.165, 1.54) is 0 Å². The molecule has 3 heteroatoms. The van der Waals surface area contributed by atoms with Gasteiger partial charge in [-0.2, -0.15) is 0 Å². The van der Waals surface area contributed by atoms with Gasteiger partial charge in [-0.25, -0.2) is 0 Å². The molecule has 1 unspecified atom stereocenters. The molecule has 2 nitrogen and oxygen atoms in total. The number of hydrogen-bond donors (Lipinski definition) is 1. The number of rotatable bonds is 1. The van der Waals surface area contributed by atoms with E-state index in [1.54, 1.807) is 0 Å². The van der Waals surface area contributed by atoms with Gasteiger partial charge in [0.05, 0.1) is 6.10 Å². The lowest BCUT2D eigenvalue weighted by atomic mass is 10.3. The van der Waals surface area contributed by atoms with Gasteiger partial charge in [0.25, 0.3) is 0 Å². The van der Waals surface area contributed by atoms with Gasteiger partial charge in [0, 0.05) is 12.3 Å². The Morgan fingerprint density at radius 2 is 2.38 bits per heavy atom. The van der Waals surface area contributed by atoms with Crippen LogP contribution >= 0.6 is 11.6 Å². The molecule has 0 aromatic rings. The van der Waals surface area contributed by atoms with Gasteiger partial charge >= 0.3 is 0 Å². The molecule has 0 aliphatic carbocycles. The normalized spacial score (nSPS) is 38.2. The van der Waals surface area contributed by atoms with Crippen LogP contribution in [-0.2, 0) is 4.74 Å². The Bertz CT molecular complexity index is 76.8. The van der Waals surface area contributed by atoms with E-state index in [0.29, 0.717) is 5.88 Å². The Morgan fingerprint density at radius 1 is 1.62 bits per heavy atom. The van der Waals surface area contributed by atoms with Gasteiger partial charge in [0.1, 0.15) is 0 Å². The molecule has 0 aromatic carbocycles. The lowest BCUT2D eigenvalue weighted by molar-refractivity contribution is -0.0840. The molecule has 1 aliphatic rings. The largest absolute Gasteiger partial charge is 0.368 e. The number of aliphatic hydroxyl groups excluding tert-OH is 1. The SMILES string of the molecule is OC1CC[C@@H](CCl)O1. The van der Waals surface area contributed by atoms with Crippen LogP contribution in [0.1, 0.15) is 12.8 Å². The summed E-state index contributed by atoms with van der Waals surface area (Å²) < 4.78 is 4.93. The van der Waals surface area contributed by atoms with Gasteiger partial charge < -0.3 is 9.84 Å². The fourth-order valence-electron chi connectivity index (χ4n) is 0.800. The fraction of sp³-hybridized carbons (Fsp3) is 1.00. The Kier molecular flexibility index (Phi) is 2.11. The zero-order valence-corrected chi connectivity index (χ0v) is 5.27. The van der Waals surface area contributed by atoms with Gasteiger partial charge in [-0.3, -0.25) is 0 Å². The molecule has 1 heterocycles. The van der Waals surface area contributed by atoms with E-state index in [0.717, 1.165) is 12.8 Å². The first kappa shape index (κ1) is 6.33. The first-order chi connectivity index (χ1) is 3.83. The molecule has 1 saturated heterocycles. The summed E-state index contributed by atoms with van der Waals surface area (Å²) in [5, 5.41) is 8.75. The van der Waals surface area contributed by atoms with E-state index in [2.05, 4.69) is 0 Å². The lowest BCUT2D eigenvalue weighted by Gasteiger charge is -2.03. The molecule has 48 valence electrons. The minimum Gasteiger partial charge on any atom is -0.368 e. The zero-order chi connectivity index (χ0) is 5.98. The Balaban J connectivity index is 2.22. The Hall–Kier alpha value is 0.210. The van der Waals surface area contributed by atoms with E-state index in [1.807, 2.05) is 0 Å². The minimum atomic E-state index is -0.557. The molecule has 0 spiro atoms. The van der Waals surface area contributed by atoms with Crippen molar-refractivity contribution in [2.45, 2.75) is 25.2 Å². The van der Waals surface area contributed by atoms with E-state index >= 15 is 0 Å². The molecule has 1 aliphatic heterocycles. The van der Waals surface area contributed by atoms with Crippen molar-refractivity contribution in [2.75, 3.05) is 5.88 Å². The van der Waals surface area contributed by atoms with Crippen LogP contribution in [0.2, 0.25) is 0 Å². The zero-order valence-electron chi connectivity index (χ0n) is 4.51. The second kappa shape index (κ2) is 2.67. The first-order valence-electron chi connectivity index (χ1n) is 2.72. The first-order valence-corrected chi connectivity index (χ1v) is 3.26. The minimum absolute atomic E-state index is 0.0895. The van der Waals surface area contributed by atoms with Crippen LogP contribution in [0.25, 0.3) is 0 Å². The molecule has 0 aromatic heterocycles. The van der Waals surface area contributed by atoms with Gasteiger partial charge in [-0.05, 0) is 6.42 Å². The average Bonchev–Trinajstić information content (AvgIpc) is 2.14. The lowest BCUT2D eigenvalue weighted by Crippen LogP contribution is -2.10. The summed E-state index contributed by atoms with van der Waals surface area (Å²) in [6.07, 6.45) is 1.16. The van der Waals surface area contributed by atoms with E-state index < -0.39 is 6.29 Å². The van der Waals surface area contributed by atoms with Gasteiger partial charge in [-0.1, -0.05) is 0 Å². The standard InChI is InChI=1S/C5H9ClO2/c6-3-4-1-2-5(7)8-4/h4-5,7H,1-3H2/t4-,5?/m0/s1. The van der Waals surface area contributed by atoms with Gasteiger partial charge in [0.2, 0.25) is 0 Å². The van der Waals surface area contributed by atoms with Crippen LogP contribution in [0, 0.1) is 0 Å². The summed E-state index contributed by atoms with van der Waals surface area (Å²) in [4.78, 5) is 0. The van der Waals surface area contributed by atoms with E-state index in [4.69, 9.17) is 21.4 Å². The molecule has 0 bridgehead atoms. The van der Waals surface area contributed by atoms with Crippen LogP contribution < -0.4 is 0 Å². The number of hydrogen-bond acceptors (Lipinski definition) is 2. The quantitative estimate of drug-likeness (QED) is 0.539. The molecule has 8 heavy (non-hydrogen) atoms. The third-order valence-corrected chi connectivity index (χ3v) is 1.60.